The van der Waals surface area contributed by atoms with E-state index in [9.17, 15) is 9.59 Å². The third-order valence-electron chi connectivity index (χ3n) is 8.67. The van der Waals surface area contributed by atoms with Crippen LogP contribution in [0.4, 0.5) is 0 Å². The van der Waals surface area contributed by atoms with Gasteiger partial charge in [0.15, 0.2) is 0 Å². The highest BCUT2D eigenvalue weighted by Gasteiger charge is 2.69. The minimum atomic E-state index is -0.205. The molecule has 3 heteroatoms. The van der Waals surface area contributed by atoms with Gasteiger partial charge in [-0.2, -0.15) is 0 Å². The number of Topliss-reactive ketones (excluding diaryl/α,β-unsaturated/α-hetero) is 2. The van der Waals surface area contributed by atoms with Crippen LogP contribution in [0.2, 0.25) is 0 Å². The highest BCUT2D eigenvalue weighted by molar-refractivity contribution is 5.91. The molecule has 26 heavy (non-hydrogen) atoms. The summed E-state index contributed by atoms with van der Waals surface area (Å²) in [4.78, 5) is 25.3. The molecule has 0 saturated heterocycles. The van der Waals surface area contributed by atoms with E-state index in [0.29, 0.717) is 42.7 Å². The van der Waals surface area contributed by atoms with E-state index in [1.807, 2.05) is 0 Å². The Kier molecular flexibility index (Phi) is 3.45. The molecule has 3 fully saturated rings. The van der Waals surface area contributed by atoms with E-state index in [0.717, 1.165) is 37.9 Å². The van der Waals surface area contributed by atoms with Crippen molar-refractivity contribution >= 4 is 11.6 Å². The van der Waals surface area contributed by atoms with E-state index in [4.69, 9.17) is 4.74 Å². The molecule has 0 N–H and O–H groups in total. The van der Waals surface area contributed by atoms with Crippen LogP contribution in [-0.2, 0) is 16.0 Å². The Bertz CT molecular complexity index is 797. The first-order chi connectivity index (χ1) is 12.5. The second kappa shape index (κ2) is 5.43. The third-order valence-corrected chi connectivity index (χ3v) is 8.67. The van der Waals surface area contributed by atoms with E-state index in [-0.39, 0.29) is 16.7 Å². The number of benzene rings is 1. The smallest absolute Gasteiger partial charge is 0.139 e. The van der Waals surface area contributed by atoms with Gasteiger partial charge in [0, 0.05) is 24.7 Å². The molecule has 1 aromatic carbocycles. The number of hydrogen-bond acceptors (Lipinski definition) is 3. The van der Waals surface area contributed by atoms with Crippen LogP contribution < -0.4 is 4.74 Å². The fourth-order valence-corrected chi connectivity index (χ4v) is 7.50. The van der Waals surface area contributed by atoms with Crippen LogP contribution in [0.3, 0.4) is 0 Å². The van der Waals surface area contributed by atoms with E-state index in [1.54, 1.807) is 7.11 Å². The maximum absolute atomic E-state index is 13.1. The number of carbonyl (C=O) groups excluding carboxylic acids is 2. The number of fused-ring (bicyclic) bond motifs is 3. The molecule has 0 aliphatic heterocycles. The molecule has 3 saturated carbocycles. The third kappa shape index (κ3) is 1.90. The van der Waals surface area contributed by atoms with Crippen molar-refractivity contribution < 1.29 is 14.3 Å². The van der Waals surface area contributed by atoms with Gasteiger partial charge in [0.1, 0.15) is 17.3 Å². The fourth-order valence-electron chi connectivity index (χ4n) is 7.50. The lowest BCUT2D eigenvalue weighted by molar-refractivity contribution is -0.148. The number of ketones is 2. The highest BCUT2D eigenvalue weighted by Crippen LogP contribution is 2.72. The van der Waals surface area contributed by atoms with Crippen LogP contribution in [0, 0.1) is 22.7 Å². The van der Waals surface area contributed by atoms with Crippen LogP contribution in [0.25, 0.3) is 0 Å². The monoisotopic (exact) mass is 352 g/mol. The first kappa shape index (κ1) is 16.5. The topological polar surface area (TPSA) is 43.4 Å². The van der Waals surface area contributed by atoms with E-state index in [2.05, 4.69) is 25.1 Å². The maximum atomic E-state index is 13.1. The van der Waals surface area contributed by atoms with Crippen molar-refractivity contribution in [2.75, 3.05) is 7.11 Å². The van der Waals surface area contributed by atoms with Crippen molar-refractivity contribution in [1.29, 1.82) is 0 Å². The second-order valence-corrected chi connectivity index (χ2v) is 9.29. The summed E-state index contributed by atoms with van der Waals surface area (Å²) < 4.78 is 5.43. The first-order valence-electron chi connectivity index (χ1n) is 10.2. The summed E-state index contributed by atoms with van der Waals surface area (Å²) in [5, 5.41) is 0. The highest BCUT2D eigenvalue weighted by atomic mass is 16.5. The molecule has 4 aliphatic carbocycles. The van der Waals surface area contributed by atoms with Crippen molar-refractivity contribution in [3.05, 3.63) is 29.3 Å². The molecule has 0 amide bonds. The molecule has 0 unspecified atom stereocenters. The minimum Gasteiger partial charge on any atom is -0.497 e. The molecule has 0 radical (unpaired) electrons. The van der Waals surface area contributed by atoms with Gasteiger partial charge in [0.05, 0.1) is 7.11 Å². The Balaban J connectivity index is 1.61. The van der Waals surface area contributed by atoms with Gasteiger partial charge in [-0.1, -0.05) is 13.0 Å². The molecule has 3 nitrogen and oxygen atoms in total. The molecule has 138 valence electrons. The Morgan fingerprint density at radius 3 is 2.73 bits per heavy atom. The first-order valence-corrected chi connectivity index (χ1v) is 10.2. The summed E-state index contributed by atoms with van der Waals surface area (Å²) in [5.74, 6) is 3.13. The zero-order valence-electron chi connectivity index (χ0n) is 15.8. The van der Waals surface area contributed by atoms with Gasteiger partial charge in [0.25, 0.3) is 0 Å². The van der Waals surface area contributed by atoms with Gasteiger partial charge in [-0.05, 0) is 78.5 Å². The van der Waals surface area contributed by atoms with Gasteiger partial charge < -0.3 is 4.74 Å². The molecule has 1 aromatic rings. The van der Waals surface area contributed by atoms with Crippen molar-refractivity contribution in [3.63, 3.8) is 0 Å². The molecule has 5 rings (SSSR count). The number of rotatable bonds is 1. The van der Waals surface area contributed by atoms with Crippen LogP contribution in [0.1, 0.15) is 68.9 Å². The molecule has 1 spiro atoms. The van der Waals surface area contributed by atoms with Gasteiger partial charge in [-0.3, -0.25) is 9.59 Å². The predicted molar refractivity (Wildman–Crippen MR) is 99.3 cm³/mol. The number of aryl methyl sites for hydroxylation is 1. The predicted octanol–water partition coefficient (Wildman–Crippen LogP) is 4.47. The van der Waals surface area contributed by atoms with Crippen molar-refractivity contribution in [2.24, 2.45) is 22.7 Å². The number of hydrogen-bond donors (Lipinski definition) is 0. The van der Waals surface area contributed by atoms with Crippen LogP contribution in [-0.4, -0.2) is 18.7 Å². The lowest BCUT2D eigenvalue weighted by atomic mass is 9.43. The van der Waals surface area contributed by atoms with Gasteiger partial charge >= 0.3 is 0 Å². The molecule has 0 heterocycles. The Hall–Kier alpha value is -1.64. The van der Waals surface area contributed by atoms with Gasteiger partial charge in [-0.15, -0.1) is 0 Å². The SMILES string of the molecule is COc1ccc2c(c1)CC[C@@H]1[C@@H]2CC[C@]2(C)C(=O)C[C@@H]3CC(=O)CC[C@@]312. The van der Waals surface area contributed by atoms with Crippen molar-refractivity contribution in [3.8, 4) is 5.75 Å². The molecular formula is C23H28O3. The Morgan fingerprint density at radius 2 is 1.92 bits per heavy atom. The minimum absolute atomic E-state index is 0.0541. The summed E-state index contributed by atoms with van der Waals surface area (Å²) in [6, 6.07) is 6.57. The average molecular weight is 352 g/mol. The van der Waals surface area contributed by atoms with Crippen LogP contribution >= 0.6 is 0 Å². The summed E-state index contributed by atoms with van der Waals surface area (Å²) in [6.07, 6.45) is 7.21. The average Bonchev–Trinajstić information content (AvgIpc) is 2.88. The van der Waals surface area contributed by atoms with Crippen LogP contribution in [0.15, 0.2) is 18.2 Å². The lowest BCUT2D eigenvalue weighted by Crippen LogP contribution is -2.55. The normalized spacial score (nSPS) is 41.1. The lowest BCUT2D eigenvalue weighted by Gasteiger charge is -2.60. The zero-order chi connectivity index (χ0) is 18.1. The second-order valence-electron chi connectivity index (χ2n) is 9.29. The standard InChI is InChI=1S/C23H28O3/c1-22-9-8-19-18-5-4-17(26-2)11-14(18)3-6-20(19)23(22)10-7-16(24)12-15(23)13-21(22)25/h4-5,11,15,19-20H,3,6-10,12-13H2,1-2H3/t15-,19+,20+,22+,23+/m0/s1. The summed E-state index contributed by atoms with van der Waals surface area (Å²) in [6.45, 7) is 2.24. The summed E-state index contributed by atoms with van der Waals surface area (Å²) >= 11 is 0. The number of methoxy groups -OCH3 is 1. The maximum Gasteiger partial charge on any atom is 0.139 e. The fraction of sp³-hybridized carbons (Fsp3) is 0.652. The number of carbonyl (C=O) groups is 2. The Labute approximate surface area is 155 Å². The zero-order valence-corrected chi connectivity index (χ0v) is 15.8. The molecule has 5 atom stereocenters. The Morgan fingerprint density at radius 1 is 1.08 bits per heavy atom. The van der Waals surface area contributed by atoms with Gasteiger partial charge in [-0.25, -0.2) is 0 Å². The molecule has 0 bridgehead atoms. The van der Waals surface area contributed by atoms with Crippen molar-refractivity contribution in [1.82, 2.24) is 0 Å². The summed E-state index contributed by atoms with van der Waals surface area (Å²) in [5.41, 5.74) is 2.76. The largest absolute Gasteiger partial charge is 0.497 e. The molecule has 0 aromatic heterocycles. The van der Waals surface area contributed by atoms with Crippen molar-refractivity contribution in [2.45, 2.75) is 64.2 Å². The van der Waals surface area contributed by atoms with E-state index in [1.165, 1.54) is 11.1 Å². The quantitative estimate of drug-likeness (QED) is 0.749. The molecular weight excluding hydrogens is 324 g/mol. The molecule has 4 aliphatic rings. The number of ether oxygens (including phenoxy) is 1. The van der Waals surface area contributed by atoms with Gasteiger partial charge in [0.2, 0.25) is 0 Å². The van der Waals surface area contributed by atoms with Crippen LogP contribution in [0.5, 0.6) is 5.75 Å². The van der Waals surface area contributed by atoms with E-state index >= 15 is 0 Å². The van der Waals surface area contributed by atoms with E-state index < -0.39 is 0 Å². The summed E-state index contributed by atoms with van der Waals surface area (Å²) in [7, 11) is 1.73.